The summed E-state index contributed by atoms with van der Waals surface area (Å²) in [6.07, 6.45) is 1.85. The van der Waals surface area contributed by atoms with Crippen molar-refractivity contribution < 1.29 is 5.11 Å². The van der Waals surface area contributed by atoms with Crippen LogP contribution in [-0.4, -0.2) is 18.2 Å². The third kappa shape index (κ3) is 2.18. The van der Waals surface area contributed by atoms with Crippen LogP contribution in [0, 0.1) is 0 Å². The van der Waals surface area contributed by atoms with Gasteiger partial charge in [0.05, 0.1) is 12.2 Å². The van der Waals surface area contributed by atoms with Crippen LogP contribution in [-0.2, 0) is 0 Å². The minimum atomic E-state index is 0.401. The quantitative estimate of drug-likeness (QED) is 0.773. The molecule has 3 heteroatoms. The summed E-state index contributed by atoms with van der Waals surface area (Å²) in [5.41, 5.74) is 1.16. The second kappa shape index (κ2) is 4.45. The first-order chi connectivity index (χ1) is 7.31. The van der Waals surface area contributed by atoms with Crippen LogP contribution in [0.1, 0.15) is 0 Å². The number of aliphatic hydroxyl groups excluding tert-OH is 1. The van der Waals surface area contributed by atoms with Gasteiger partial charge in [-0.3, -0.25) is 0 Å². The van der Waals surface area contributed by atoms with Crippen molar-refractivity contribution in [2.45, 2.75) is 4.90 Å². The highest BCUT2D eigenvalue weighted by Crippen LogP contribution is 2.34. The van der Waals surface area contributed by atoms with Crippen LogP contribution < -0.4 is 4.90 Å². The second-order valence-electron chi connectivity index (χ2n) is 3.36. The molecule has 0 aromatic heterocycles. The Morgan fingerprint density at radius 2 is 2.27 bits per heavy atom. The molecule has 1 aliphatic rings. The van der Waals surface area contributed by atoms with Crippen LogP contribution in [0.15, 0.2) is 53.0 Å². The van der Waals surface area contributed by atoms with Gasteiger partial charge in [-0.2, -0.15) is 0 Å². The van der Waals surface area contributed by atoms with Crippen molar-refractivity contribution >= 4 is 17.4 Å². The molecule has 1 N–H and O–H groups in total. The normalized spacial score (nSPS) is 15.2. The maximum atomic E-state index is 9.62. The van der Waals surface area contributed by atoms with E-state index < -0.39 is 0 Å². The van der Waals surface area contributed by atoms with Crippen LogP contribution in [0.3, 0.4) is 0 Å². The number of benzene rings is 1. The summed E-state index contributed by atoms with van der Waals surface area (Å²) in [4.78, 5) is 3.28. The Morgan fingerprint density at radius 3 is 3.07 bits per heavy atom. The van der Waals surface area contributed by atoms with E-state index in [1.165, 1.54) is 4.90 Å². The number of anilines is 1. The Labute approximate surface area is 93.9 Å². The molecule has 2 nitrogen and oxygen atoms in total. The molecule has 0 unspecified atom stereocenters. The van der Waals surface area contributed by atoms with Crippen molar-refractivity contribution in [3.63, 3.8) is 0 Å². The van der Waals surface area contributed by atoms with Gasteiger partial charge in [-0.1, -0.05) is 30.0 Å². The second-order valence-corrected chi connectivity index (χ2v) is 4.28. The van der Waals surface area contributed by atoms with E-state index in [0.717, 1.165) is 12.2 Å². The first kappa shape index (κ1) is 10.2. The molecular weight excluding hydrogens is 206 g/mol. The Bertz CT molecular complexity index is 400. The molecule has 0 saturated heterocycles. The van der Waals surface area contributed by atoms with Gasteiger partial charge in [0.2, 0.25) is 0 Å². The molecule has 0 radical (unpaired) electrons. The number of para-hydroxylation sites is 1. The molecule has 2 rings (SSSR count). The number of rotatable bonds is 2. The molecule has 0 spiro atoms. The lowest BCUT2D eigenvalue weighted by Crippen LogP contribution is -2.25. The summed E-state index contributed by atoms with van der Waals surface area (Å²) < 4.78 is 0. The molecule has 1 aromatic carbocycles. The molecule has 1 heterocycles. The molecule has 0 aliphatic carbocycles. The largest absolute Gasteiger partial charge is 0.510 e. The smallest absolute Gasteiger partial charge is 0.118 e. The highest BCUT2D eigenvalue weighted by atomic mass is 32.2. The van der Waals surface area contributed by atoms with Gasteiger partial charge in [0, 0.05) is 16.8 Å². The first-order valence-electron chi connectivity index (χ1n) is 4.81. The molecule has 0 fully saturated rings. The molecule has 78 valence electrons. The van der Waals surface area contributed by atoms with E-state index in [0.29, 0.717) is 12.3 Å². The number of hydrogen-bond acceptors (Lipinski definition) is 3. The Balaban J connectivity index is 2.38. The predicted molar refractivity (Wildman–Crippen MR) is 65.4 cm³/mol. The molecule has 0 amide bonds. The zero-order valence-corrected chi connectivity index (χ0v) is 9.20. The van der Waals surface area contributed by atoms with Crippen molar-refractivity contribution in [2.75, 3.05) is 18.0 Å². The standard InChI is InChI=1S/C12H13NOS/c1-2-7-13-8-10(14)9-15-12-6-4-3-5-11(12)13/h2-6,9,14H,1,7-8H2. The molecule has 1 aliphatic heterocycles. The summed E-state index contributed by atoms with van der Waals surface area (Å²) in [5, 5.41) is 11.4. The van der Waals surface area contributed by atoms with Gasteiger partial charge in [0.1, 0.15) is 5.76 Å². The molecule has 1 aromatic rings. The molecule has 15 heavy (non-hydrogen) atoms. The minimum absolute atomic E-state index is 0.401. The zero-order valence-electron chi connectivity index (χ0n) is 8.39. The van der Waals surface area contributed by atoms with Crippen molar-refractivity contribution in [1.82, 2.24) is 0 Å². The predicted octanol–water partition coefficient (Wildman–Crippen LogP) is 3.18. The SMILES string of the molecule is C=CCN1CC(O)=CSc2ccccc21. The highest BCUT2D eigenvalue weighted by molar-refractivity contribution is 8.02. The fraction of sp³-hybridized carbons (Fsp3) is 0.167. The number of hydrogen-bond donors (Lipinski definition) is 1. The maximum Gasteiger partial charge on any atom is 0.118 e. The summed E-state index contributed by atoms with van der Waals surface area (Å²) in [6, 6.07) is 8.15. The summed E-state index contributed by atoms with van der Waals surface area (Å²) >= 11 is 1.56. The van der Waals surface area contributed by atoms with Gasteiger partial charge in [0.15, 0.2) is 0 Å². The number of nitrogens with zero attached hydrogens (tertiary/aromatic N) is 1. The van der Waals surface area contributed by atoms with E-state index in [1.807, 2.05) is 18.2 Å². The van der Waals surface area contributed by atoms with Crippen molar-refractivity contribution in [1.29, 1.82) is 0 Å². The van der Waals surface area contributed by atoms with Crippen molar-refractivity contribution in [2.24, 2.45) is 0 Å². The van der Waals surface area contributed by atoms with E-state index >= 15 is 0 Å². The fourth-order valence-electron chi connectivity index (χ4n) is 1.59. The number of fused-ring (bicyclic) bond motifs is 1. The van der Waals surface area contributed by atoms with Gasteiger partial charge in [-0.05, 0) is 12.1 Å². The molecule has 0 saturated carbocycles. The van der Waals surface area contributed by atoms with E-state index in [9.17, 15) is 5.11 Å². The average molecular weight is 219 g/mol. The van der Waals surface area contributed by atoms with Crippen LogP contribution >= 0.6 is 11.8 Å². The summed E-state index contributed by atoms with van der Waals surface area (Å²) in [6.45, 7) is 5.03. The average Bonchev–Trinajstić information content (AvgIpc) is 2.40. The third-order valence-corrected chi connectivity index (χ3v) is 3.22. The topological polar surface area (TPSA) is 23.5 Å². The van der Waals surface area contributed by atoms with Crippen LogP contribution in [0.4, 0.5) is 5.69 Å². The maximum absolute atomic E-state index is 9.62. The monoisotopic (exact) mass is 219 g/mol. The summed E-state index contributed by atoms with van der Waals surface area (Å²) in [7, 11) is 0. The van der Waals surface area contributed by atoms with Crippen LogP contribution in [0.25, 0.3) is 0 Å². The Morgan fingerprint density at radius 1 is 1.47 bits per heavy atom. The van der Waals surface area contributed by atoms with Gasteiger partial charge >= 0.3 is 0 Å². The van der Waals surface area contributed by atoms with Crippen molar-refractivity contribution in [3.8, 4) is 0 Å². The van der Waals surface area contributed by atoms with Gasteiger partial charge < -0.3 is 10.0 Å². The molecule has 0 atom stereocenters. The zero-order chi connectivity index (χ0) is 10.7. The van der Waals surface area contributed by atoms with E-state index in [4.69, 9.17) is 0 Å². The first-order valence-corrected chi connectivity index (χ1v) is 5.69. The van der Waals surface area contributed by atoms with Crippen LogP contribution in [0.2, 0.25) is 0 Å². The summed E-state index contributed by atoms with van der Waals surface area (Å²) in [5.74, 6) is 0.401. The minimum Gasteiger partial charge on any atom is -0.510 e. The molecule has 0 bridgehead atoms. The Kier molecular flexibility index (Phi) is 3.02. The van der Waals surface area contributed by atoms with Crippen molar-refractivity contribution in [3.05, 3.63) is 48.1 Å². The fourth-order valence-corrected chi connectivity index (χ4v) is 2.40. The number of thioether (sulfide) groups is 1. The molecular formula is C12H13NOS. The van der Waals surface area contributed by atoms with Gasteiger partial charge in [-0.25, -0.2) is 0 Å². The van der Waals surface area contributed by atoms with Crippen LogP contribution in [0.5, 0.6) is 0 Å². The van der Waals surface area contributed by atoms with E-state index in [1.54, 1.807) is 17.2 Å². The lowest BCUT2D eigenvalue weighted by atomic mass is 10.2. The number of aliphatic hydroxyl groups is 1. The Hall–Kier alpha value is -1.35. The lowest BCUT2D eigenvalue weighted by molar-refractivity contribution is 0.402. The van der Waals surface area contributed by atoms with E-state index in [-0.39, 0.29) is 0 Å². The van der Waals surface area contributed by atoms with Gasteiger partial charge in [-0.15, -0.1) is 6.58 Å². The van der Waals surface area contributed by atoms with E-state index in [2.05, 4.69) is 23.6 Å². The third-order valence-electron chi connectivity index (χ3n) is 2.23. The van der Waals surface area contributed by atoms with Gasteiger partial charge in [0.25, 0.3) is 0 Å². The lowest BCUT2D eigenvalue weighted by Gasteiger charge is -2.22. The highest BCUT2D eigenvalue weighted by Gasteiger charge is 2.14.